The molecule has 0 fully saturated rings. The number of ketones is 1. The van der Waals surface area contributed by atoms with Gasteiger partial charge in [-0.1, -0.05) is 22.9 Å². The van der Waals surface area contributed by atoms with Gasteiger partial charge in [-0.15, -0.1) is 0 Å². The van der Waals surface area contributed by atoms with Gasteiger partial charge in [-0.3, -0.25) is 9.59 Å². The van der Waals surface area contributed by atoms with E-state index in [-0.39, 0.29) is 23.2 Å². The molecule has 1 aromatic carbocycles. The fourth-order valence-corrected chi connectivity index (χ4v) is 1.71. The van der Waals surface area contributed by atoms with Crippen molar-refractivity contribution in [2.24, 2.45) is 0 Å². The molecule has 0 saturated carbocycles. The SMILES string of the molecule is CCC(=O)CNC(=O)c1ccc(Br)cc1C(F)(F)F. The van der Waals surface area contributed by atoms with E-state index in [1.807, 2.05) is 0 Å². The van der Waals surface area contributed by atoms with E-state index >= 15 is 0 Å². The fraction of sp³-hybridized carbons (Fsp3) is 0.333. The van der Waals surface area contributed by atoms with Crippen LogP contribution in [0.3, 0.4) is 0 Å². The molecule has 104 valence electrons. The summed E-state index contributed by atoms with van der Waals surface area (Å²) in [5.41, 5.74) is -1.54. The second kappa shape index (κ2) is 6.18. The van der Waals surface area contributed by atoms with Crippen LogP contribution in [0.2, 0.25) is 0 Å². The number of carbonyl (C=O) groups is 2. The van der Waals surface area contributed by atoms with E-state index in [2.05, 4.69) is 21.2 Å². The number of Topliss-reactive ketones (excluding diaryl/α,β-unsaturated/α-hetero) is 1. The molecule has 1 aromatic rings. The van der Waals surface area contributed by atoms with Crippen molar-refractivity contribution in [3.63, 3.8) is 0 Å². The summed E-state index contributed by atoms with van der Waals surface area (Å²) in [7, 11) is 0. The molecule has 7 heteroatoms. The lowest BCUT2D eigenvalue weighted by Crippen LogP contribution is -2.30. The molecule has 0 radical (unpaired) electrons. The first-order chi connectivity index (χ1) is 8.75. The summed E-state index contributed by atoms with van der Waals surface area (Å²) in [6.07, 6.45) is -4.42. The maximum Gasteiger partial charge on any atom is 0.417 e. The molecule has 0 aromatic heterocycles. The molecule has 1 amide bonds. The number of amides is 1. The van der Waals surface area contributed by atoms with Gasteiger partial charge in [0.25, 0.3) is 5.91 Å². The van der Waals surface area contributed by atoms with Crippen molar-refractivity contribution < 1.29 is 22.8 Å². The molecule has 0 spiro atoms. The number of alkyl halides is 3. The largest absolute Gasteiger partial charge is 0.417 e. The normalized spacial score (nSPS) is 11.2. The van der Waals surface area contributed by atoms with Gasteiger partial charge < -0.3 is 5.32 Å². The Bertz CT molecular complexity index is 500. The Morgan fingerprint density at radius 1 is 1.32 bits per heavy atom. The highest BCUT2D eigenvalue weighted by Crippen LogP contribution is 2.33. The molecule has 0 heterocycles. The summed E-state index contributed by atoms with van der Waals surface area (Å²) in [4.78, 5) is 22.7. The zero-order valence-corrected chi connectivity index (χ0v) is 11.6. The zero-order chi connectivity index (χ0) is 14.6. The third kappa shape index (κ3) is 4.34. The summed E-state index contributed by atoms with van der Waals surface area (Å²) in [6, 6.07) is 3.24. The number of hydrogen-bond donors (Lipinski definition) is 1. The van der Waals surface area contributed by atoms with Crippen molar-refractivity contribution in [1.29, 1.82) is 0 Å². The number of carbonyl (C=O) groups excluding carboxylic acids is 2. The molecule has 0 aliphatic rings. The van der Waals surface area contributed by atoms with Gasteiger partial charge in [0, 0.05) is 10.9 Å². The minimum atomic E-state index is -4.63. The number of halogens is 4. The Kier molecular flexibility index (Phi) is 5.11. The first-order valence-corrected chi connectivity index (χ1v) is 6.21. The highest BCUT2D eigenvalue weighted by Gasteiger charge is 2.35. The average Bonchev–Trinajstić information content (AvgIpc) is 2.34. The van der Waals surface area contributed by atoms with E-state index in [4.69, 9.17) is 0 Å². The lowest BCUT2D eigenvalue weighted by Gasteiger charge is -2.13. The van der Waals surface area contributed by atoms with Crippen LogP contribution in [0.15, 0.2) is 22.7 Å². The molecule has 0 bridgehead atoms. The minimum Gasteiger partial charge on any atom is -0.345 e. The Balaban J connectivity index is 3.00. The molecule has 1 N–H and O–H groups in total. The van der Waals surface area contributed by atoms with Gasteiger partial charge in [-0.2, -0.15) is 13.2 Å². The van der Waals surface area contributed by atoms with E-state index in [9.17, 15) is 22.8 Å². The van der Waals surface area contributed by atoms with Gasteiger partial charge in [-0.25, -0.2) is 0 Å². The Hall–Kier alpha value is -1.37. The maximum absolute atomic E-state index is 12.8. The van der Waals surface area contributed by atoms with Crippen LogP contribution < -0.4 is 5.32 Å². The summed E-state index contributed by atoms with van der Waals surface area (Å²) >= 11 is 2.93. The molecular formula is C12H11BrF3NO2. The monoisotopic (exact) mass is 337 g/mol. The second-order valence-corrected chi connectivity index (χ2v) is 4.68. The third-order valence-electron chi connectivity index (χ3n) is 2.37. The molecule has 0 aliphatic carbocycles. The lowest BCUT2D eigenvalue weighted by molar-refractivity contribution is -0.138. The number of nitrogens with one attached hydrogen (secondary N) is 1. The first-order valence-electron chi connectivity index (χ1n) is 5.42. The number of rotatable bonds is 4. The molecule has 0 unspecified atom stereocenters. The molecular weight excluding hydrogens is 327 g/mol. The van der Waals surface area contributed by atoms with Crippen LogP contribution in [0.4, 0.5) is 13.2 Å². The van der Waals surface area contributed by atoms with Crippen LogP contribution >= 0.6 is 15.9 Å². The van der Waals surface area contributed by atoms with Crippen LogP contribution in [0.25, 0.3) is 0 Å². The van der Waals surface area contributed by atoms with Gasteiger partial charge in [-0.05, 0) is 18.2 Å². The Morgan fingerprint density at radius 2 is 1.95 bits per heavy atom. The van der Waals surface area contributed by atoms with Crippen molar-refractivity contribution in [3.8, 4) is 0 Å². The maximum atomic E-state index is 12.8. The summed E-state index contributed by atoms with van der Waals surface area (Å²) in [5, 5.41) is 2.18. The standard InChI is InChI=1S/C12H11BrF3NO2/c1-2-8(18)6-17-11(19)9-4-3-7(13)5-10(9)12(14,15)16/h3-5H,2,6H2,1H3,(H,17,19). The van der Waals surface area contributed by atoms with Gasteiger partial charge >= 0.3 is 6.18 Å². The van der Waals surface area contributed by atoms with Gasteiger partial charge in [0.2, 0.25) is 0 Å². The predicted octanol–water partition coefficient (Wildman–Crippen LogP) is 3.18. The fourth-order valence-electron chi connectivity index (χ4n) is 1.35. The third-order valence-corrected chi connectivity index (χ3v) is 2.87. The van der Waals surface area contributed by atoms with Crippen LogP contribution in [0.1, 0.15) is 29.3 Å². The van der Waals surface area contributed by atoms with E-state index in [1.165, 1.54) is 6.07 Å². The quantitative estimate of drug-likeness (QED) is 0.917. The lowest BCUT2D eigenvalue weighted by atomic mass is 10.1. The van der Waals surface area contributed by atoms with E-state index < -0.39 is 23.2 Å². The molecule has 0 aliphatic heterocycles. The van der Waals surface area contributed by atoms with Gasteiger partial charge in [0.1, 0.15) is 0 Å². The van der Waals surface area contributed by atoms with Crippen LogP contribution in [-0.2, 0) is 11.0 Å². The van der Waals surface area contributed by atoms with Crippen LogP contribution in [-0.4, -0.2) is 18.2 Å². The van der Waals surface area contributed by atoms with Crippen molar-refractivity contribution in [3.05, 3.63) is 33.8 Å². The van der Waals surface area contributed by atoms with E-state index in [0.717, 1.165) is 12.1 Å². The van der Waals surface area contributed by atoms with E-state index in [0.29, 0.717) is 0 Å². The second-order valence-electron chi connectivity index (χ2n) is 3.76. The molecule has 0 atom stereocenters. The molecule has 1 rings (SSSR count). The average molecular weight is 338 g/mol. The minimum absolute atomic E-state index is 0.215. The predicted molar refractivity (Wildman–Crippen MR) is 66.8 cm³/mol. The Labute approximate surface area is 116 Å². The van der Waals surface area contributed by atoms with Crippen molar-refractivity contribution in [2.75, 3.05) is 6.54 Å². The highest BCUT2D eigenvalue weighted by atomic mass is 79.9. The van der Waals surface area contributed by atoms with Crippen LogP contribution in [0, 0.1) is 0 Å². The van der Waals surface area contributed by atoms with Crippen molar-refractivity contribution >= 4 is 27.6 Å². The van der Waals surface area contributed by atoms with Crippen LogP contribution in [0.5, 0.6) is 0 Å². The summed E-state index contributed by atoms with van der Waals surface area (Å²) in [6.45, 7) is 1.33. The summed E-state index contributed by atoms with van der Waals surface area (Å²) in [5.74, 6) is -1.17. The topological polar surface area (TPSA) is 46.2 Å². The zero-order valence-electron chi connectivity index (χ0n) is 9.97. The number of hydrogen-bond acceptors (Lipinski definition) is 2. The first kappa shape index (κ1) is 15.7. The van der Waals surface area contributed by atoms with Crippen molar-refractivity contribution in [2.45, 2.75) is 19.5 Å². The van der Waals surface area contributed by atoms with Gasteiger partial charge in [0.05, 0.1) is 17.7 Å². The molecule has 3 nitrogen and oxygen atoms in total. The number of benzene rings is 1. The smallest absolute Gasteiger partial charge is 0.345 e. The molecule has 0 saturated heterocycles. The summed E-state index contributed by atoms with van der Waals surface area (Å²) < 4.78 is 38.6. The highest BCUT2D eigenvalue weighted by molar-refractivity contribution is 9.10. The van der Waals surface area contributed by atoms with Gasteiger partial charge in [0.15, 0.2) is 5.78 Å². The molecule has 19 heavy (non-hydrogen) atoms. The van der Waals surface area contributed by atoms with E-state index in [1.54, 1.807) is 6.92 Å². The Morgan fingerprint density at radius 3 is 2.47 bits per heavy atom. The van der Waals surface area contributed by atoms with Crippen molar-refractivity contribution in [1.82, 2.24) is 5.32 Å².